The predicted octanol–water partition coefficient (Wildman–Crippen LogP) is 23.9. The number of rotatable bonds is 65. The van der Waals surface area contributed by atoms with Crippen LogP contribution in [0.15, 0.2) is 36.5 Å². The van der Waals surface area contributed by atoms with Crippen LogP contribution in [0, 0.1) is 0 Å². The lowest BCUT2D eigenvalue weighted by atomic mass is 10.0. The van der Waals surface area contributed by atoms with E-state index >= 15 is 0 Å². The van der Waals surface area contributed by atoms with E-state index < -0.39 is 6.10 Å². The molecule has 0 saturated heterocycles. The summed E-state index contributed by atoms with van der Waals surface area (Å²) in [7, 11) is 0. The van der Waals surface area contributed by atoms with Crippen molar-refractivity contribution >= 4 is 17.9 Å². The van der Waals surface area contributed by atoms with Gasteiger partial charge in [0.25, 0.3) is 0 Å². The van der Waals surface area contributed by atoms with E-state index in [1.54, 1.807) is 0 Å². The standard InChI is InChI=1S/C72H134O6/c1-4-7-10-13-16-19-22-25-28-29-30-31-32-33-34-35-36-37-38-39-40-41-42-43-45-47-50-53-56-59-62-65-71(74)77-68-69(67-76-70(73)64-61-58-55-52-49-46-27-24-21-18-15-12-9-6-3)78-72(75)66-63-60-57-54-51-48-44-26-23-20-17-14-11-8-5-2/h15,18,24,27,29-30,69H,4-14,16-17,19-23,25-26,28,31-68H2,1-3H3/b18-15-,27-24-,30-29-. The van der Waals surface area contributed by atoms with E-state index in [2.05, 4.69) is 57.2 Å². The maximum absolute atomic E-state index is 12.9. The van der Waals surface area contributed by atoms with Gasteiger partial charge in [0.2, 0.25) is 0 Å². The fraction of sp³-hybridized carbons (Fsp3) is 0.875. The van der Waals surface area contributed by atoms with Gasteiger partial charge in [0.15, 0.2) is 6.10 Å². The Labute approximate surface area is 486 Å². The van der Waals surface area contributed by atoms with Crippen molar-refractivity contribution in [3.63, 3.8) is 0 Å². The molecule has 0 aromatic rings. The first-order chi connectivity index (χ1) is 38.5. The fourth-order valence-electron chi connectivity index (χ4n) is 10.6. The Bertz CT molecular complexity index is 1300. The Morgan fingerprint density at radius 3 is 0.756 bits per heavy atom. The fourth-order valence-corrected chi connectivity index (χ4v) is 10.6. The molecule has 0 spiro atoms. The van der Waals surface area contributed by atoms with E-state index in [1.807, 2.05) is 0 Å². The topological polar surface area (TPSA) is 78.9 Å². The molecule has 0 aliphatic carbocycles. The van der Waals surface area contributed by atoms with Crippen LogP contribution in [0.1, 0.15) is 387 Å². The van der Waals surface area contributed by atoms with Crippen LogP contribution in [0.25, 0.3) is 0 Å². The highest BCUT2D eigenvalue weighted by atomic mass is 16.6. The molecule has 6 heteroatoms. The van der Waals surface area contributed by atoms with Gasteiger partial charge in [-0.1, -0.05) is 333 Å². The first-order valence-electron chi connectivity index (χ1n) is 35.0. The minimum absolute atomic E-state index is 0.0711. The first-order valence-corrected chi connectivity index (χ1v) is 35.0. The SMILES string of the molecule is CCCC/C=C\C/C=C\CCCCCCCC(=O)OCC(COC(=O)CCCCCCCCCCCCCCCCCCCCC/C=C\CCCCCCCCCC)OC(=O)CCCCCCCCCCCCCCCCC. The normalized spacial score (nSPS) is 12.2. The van der Waals surface area contributed by atoms with E-state index in [0.29, 0.717) is 19.3 Å². The molecular formula is C72H134O6. The van der Waals surface area contributed by atoms with Gasteiger partial charge in [0, 0.05) is 19.3 Å². The number of ether oxygens (including phenoxy) is 3. The van der Waals surface area contributed by atoms with Crippen molar-refractivity contribution in [1.82, 2.24) is 0 Å². The average Bonchev–Trinajstić information content (AvgIpc) is 3.44. The van der Waals surface area contributed by atoms with Crippen LogP contribution in [0.5, 0.6) is 0 Å². The van der Waals surface area contributed by atoms with Crippen LogP contribution in [0.4, 0.5) is 0 Å². The molecule has 0 saturated carbocycles. The zero-order valence-electron chi connectivity index (χ0n) is 52.7. The second kappa shape index (κ2) is 67.1. The molecule has 1 unspecified atom stereocenters. The molecule has 0 radical (unpaired) electrons. The lowest BCUT2D eigenvalue weighted by Gasteiger charge is -2.18. The summed E-state index contributed by atoms with van der Waals surface area (Å²) in [6.45, 7) is 6.65. The third-order valence-electron chi connectivity index (χ3n) is 15.9. The third-order valence-corrected chi connectivity index (χ3v) is 15.9. The first kappa shape index (κ1) is 75.6. The summed E-state index contributed by atoms with van der Waals surface area (Å²) in [5.41, 5.74) is 0. The average molecular weight is 1100 g/mol. The quantitative estimate of drug-likeness (QED) is 0.0261. The van der Waals surface area contributed by atoms with E-state index in [4.69, 9.17) is 14.2 Å². The van der Waals surface area contributed by atoms with Crippen LogP contribution in [-0.2, 0) is 28.6 Å². The number of hydrogen-bond donors (Lipinski definition) is 0. The molecule has 0 aromatic carbocycles. The minimum atomic E-state index is -0.775. The van der Waals surface area contributed by atoms with Gasteiger partial charge in [-0.15, -0.1) is 0 Å². The summed E-state index contributed by atoms with van der Waals surface area (Å²) in [5, 5.41) is 0. The number of allylic oxidation sites excluding steroid dienone is 6. The molecule has 0 bridgehead atoms. The van der Waals surface area contributed by atoms with Crippen LogP contribution in [0.2, 0.25) is 0 Å². The summed E-state index contributed by atoms with van der Waals surface area (Å²) in [5.74, 6) is -0.859. The van der Waals surface area contributed by atoms with Gasteiger partial charge in [-0.3, -0.25) is 14.4 Å². The van der Waals surface area contributed by atoms with E-state index in [9.17, 15) is 14.4 Å². The van der Waals surface area contributed by atoms with Gasteiger partial charge in [0.05, 0.1) is 0 Å². The number of hydrogen-bond acceptors (Lipinski definition) is 6. The highest BCUT2D eigenvalue weighted by Crippen LogP contribution is 2.18. The Morgan fingerprint density at radius 1 is 0.256 bits per heavy atom. The van der Waals surface area contributed by atoms with E-state index in [0.717, 1.165) is 77.0 Å². The van der Waals surface area contributed by atoms with Crippen molar-refractivity contribution in [3.8, 4) is 0 Å². The van der Waals surface area contributed by atoms with Crippen molar-refractivity contribution in [2.45, 2.75) is 393 Å². The van der Waals surface area contributed by atoms with Crippen LogP contribution in [0.3, 0.4) is 0 Å². The Hall–Kier alpha value is -2.37. The van der Waals surface area contributed by atoms with Crippen LogP contribution >= 0.6 is 0 Å². The van der Waals surface area contributed by atoms with Gasteiger partial charge < -0.3 is 14.2 Å². The summed E-state index contributed by atoms with van der Waals surface area (Å²) in [4.78, 5) is 38.3. The Morgan fingerprint density at radius 2 is 0.474 bits per heavy atom. The summed E-state index contributed by atoms with van der Waals surface area (Å²) in [6.07, 6.45) is 83.3. The maximum Gasteiger partial charge on any atom is 0.306 e. The third kappa shape index (κ3) is 64.5. The minimum Gasteiger partial charge on any atom is -0.462 e. The van der Waals surface area contributed by atoms with E-state index in [-0.39, 0.29) is 31.1 Å². The monoisotopic (exact) mass is 1100 g/mol. The maximum atomic E-state index is 12.9. The highest BCUT2D eigenvalue weighted by Gasteiger charge is 2.19. The van der Waals surface area contributed by atoms with Gasteiger partial charge in [-0.2, -0.15) is 0 Å². The molecule has 0 N–H and O–H groups in total. The largest absolute Gasteiger partial charge is 0.462 e. The predicted molar refractivity (Wildman–Crippen MR) is 339 cm³/mol. The van der Waals surface area contributed by atoms with Crippen molar-refractivity contribution in [2.24, 2.45) is 0 Å². The highest BCUT2D eigenvalue weighted by molar-refractivity contribution is 5.71. The molecule has 6 nitrogen and oxygen atoms in total. The second-order valence-electron chi connectivity index (χ2n) is 23.8. The lowest BCUT2D eigenvalue weighted by molar-refractivity contribution is -0.167. The molecule has 0 rings (SSSR count). The van der Waals surface area contributed by atoms with Crippen molar-refractivity contribution < 1.29 is 28.6 Å². The summed E-state index contributed by atoms with van der Waals surface area (Å²) in [6, 6.07) is 0. The molecule has 458 valence electrons. The summed E-state index contributed by atoms with van der Waals surface area (Å²) >= 11 is 0. The molecular weight excluding hydrogens is 961 g/mol. The smallest absolute Gasteiger partial charge is 0.306 e. The lowest BCUT2D eigenvalue weighted by Crippen LogP contribution is -2.30. The zero-order valence-corrected chi connectivity index (χ0v) is 52.7. The van der Waals surface area contributed by atoms with Crippen molar-refractivity contribution in [1.29, 1.82) is 0 Å². The Kier molecular flexibility index (Phi) is 65.1. The van der Waals surface area contributed by atoms with Gasteiger partial charge in [-0.25, -0.2) is 0 Å². The number of carbonyl (C=O) groups is 3. The molecule has 78 heavy (non-hydrogen) atoms. The second-order valence-corrected chi connectivity index (χ2v) is 23.8. The molecule has 1 atom stereocenters. The number of esters is 3. The number of unbranched alkanes of at least 4 members (excludes halogenated alkanes) is 48. The number of carbonyl (C=O) groups excluding carboxylic acids is 3. The summed E-state index contributed by atoms with van der Waals surface area (Å²) < 4.78 is 17.0. The molecule has 0 aliphatic heterocycles. The zero-order chi connectivity index (χ0) is 56.4. The van der Waals surface area contributed by atoms with Gasteiger partial charge in [-0.05, 0) is 70.6 Å². The van der Waals surface area contributed by atoms with Crippen LogP contribution < -0.4 is 0 Å². The van der Waals surface area contributed by atoms with Crippen LogP contribution in [-0.4, -0.2) is 37.2 Å². The molecule has 0 fully saturated rings. The van der Waals surface area contributed by atoms with Gasteiger partial charge in [0.1, 0.15) is 13.2 Å². The molecule has 0 amide bonds. The molecule has 0 aromatic heterocycles. The van der Waals surface area contributed by atoms with Crippen molar-refractivity contribution in [3.05, 3.63) is 36.5 Å². The molecule has 0 heterocycles. The van der Waals surface area contributed by atoms with E-state index in [1.165, 1.54) is 270 Å². The van der Waals surface area contributed by atoms with Gasteiger partial charge >= 0.3 is 17.9 Å². The molecule has 0 aliphatic rings. The Balaban J connectivity index is 4.13. The van der Waals surface area contributed by atoms with Crippen molar-refractivity contribution in [2.75, 3.05) is 13.2 Å².